The van der Waals surface area contributed by atoms with E-state index in [0.29, 0.717) is 0 Å². The molecule has 0 nitrogen and oxygen atoms in total. The largest absolute Gasteiger partial charge is 0.152 e. The average Bonchev–Trinajstić information content (AvgIpc) is 3.00. The molecule has 2 heteroatoms. The van der Waals surface area contributed by atoms with E-state index in [1.807, 2.05) is 11.3 Å². The van der Waals surface area contributed by atoms with Crippen LogP contribution in [0.5, 0.6) is 0 Å². The molecule has 98 valence electrons. The summed E-state index contributed by atoms with van der Waals surface area (Å²) in [4.78, 5) is 1.39. The molecule has 0 spiro atoms. The van der Waals surface area contributed by atoms with E-state index in [4.69, 9.17) is 0 Å². The van der Waals surface area contributed by atoms with Gasteiger partial charge in [0.05, 0.1) is 0 Å². The molecule has 0 amide bonds. The van der Waals surface area contributed by atoms with Gasteiger partial charge in [-0.15, -0.1) is 11.3 Å². The lowest BCUT2D eigenvalue weighted by Crippen LogP contribution is -1.75. The highest BCUT2D eigenvalue weighted by atomic mass is 32.1. The predicted molar refractivity (Wildman–Crippen MR) is 91.2 cm³/mol. The van der Waals surface area contributed by atoms with E-state index < -0.39 is 0 Å². The maximum Gasteiger partial charge on any atom is 0.0364 e. The van der Waals surface area contributed by atoms with Crippen LogP contribution in [0.15, 0.2) is 47.2 Å². The number of hydrogen-bond acceptors (Lipinski definition) is 2. The van der Waals surface area contributed by atoms with Crippen LogP contribution in [-0.2, 0) is 0 Å². The normalized spacial score (nSPS) is 11.5. The molecule has 0 unspecified atom stereocenters. The molecule has 4 rings (SSSR count). The summed E-state index contributed by atoms with van der Waals surface area (Å²) in [6.45, 7) is 4.49. The van der Waals surface area contributed by atoms with Gasteiger partial charge in [0.1, 0.15) is 0 Å². The lowest BCUT2D eigenvalue weighted by Gasteiger charge is -2.01. The number of benzene rings is 1. The lowest BCUT2D eigenvalue weighted by atomic mass is 10.1. The van der Waals surface area contributed by atoms with Crippen LogP contribution in [0.2, 0.25) is 0 Å². The summed E-state index contributed by atoms with van der Waals surface area (Å²) in [7, 11) is 0. The Morgan fingerprint density at radius 1 is 0.900 bits per heavy atom. The molecule has 0 N–H and O–H groups in total. The Hall–Kier alpha value is -1.64. The summed E-state index contributed by atoms with van der Waals surface area (Å²) in [5, 5.41) is 5.80. The molecule has 1 aliphatic heterocycles. The molecule has 0 saturated carbocycles. The van der Waals surface area contributed by atoms with Crippen LogP contribution in [-0.4, -0.2) is 0 Å². The summed E-state index contributed by atoms with van der Waals surface area (Å²) in [6, 6.07) is 13.2. The van der Waals surface area contributed by atoms with Crippen molar-refractivity contribution in [2.24, 2.45) is 0 Å². The maximum atomic E-state index is 2.33. The monoisotopic (exact) mass is 294 g/mol. The van der Waals surface area contributed by atoms with Crippen molar-refractivity contribution in [1.29, 1.82) is 0 Å². The third-order valence-electron chi connectivity index (χ3n) is 4.07. The first-order chi connectivity index (χ1) is 9.75. The first-order valence-corrected chi connectivity index (χ1v) is 8.45. The predicted octanol–water partition coefficient (Wildman–Crippen LogP) is 6.35. The van der Waals surface area contributed by atoms with Gasteiger partial charge in [-0.25, -0.2) is 0 Å². The fourth-order valence-electron chi connectivity index (χ4n) is 2.89. The minimum atomic E-state index is 1.35. The third-order valence-corrected chi connectivity index (χ3v) is 5.87. The van der Waals surface area contributed by atoms with Crippen molar-refractivity contribution in [3.8, 4) is 21.6 Å². The van der Waals surface area contributed by atoms with Gasteiger partial charge in [0.15, 0.2) is 0 Å². The molecule has 0 fully saturated rings. The topological polar surface area (TPSA) is 0 Å². The Balaban J connectivity index is 2.05. The zero-order chi connectivity index (χ0) is 13.7. The van der Waals surface area contributed by atoms with Crippen LogP contribution in [0.25, 0.3) is 31.7 Å². The lowest BCUT2D eigenvalue weighted by molar-refractivity contribution is 1.41. The van der Waals surface area contributed by atoms with E-state index in [9.17, 15) is 0 Å². The van der Waals surface area contributed by atoms with Crippen LogP contribution in [0.4, 0.5) is 0 Å². The highest BCUT2D eigenvalue weighted by Gasteiger charge is 2.20. The van der Waals surface area contributed by atoms with Crippen LogP contribution in [0, 0.1) is 13.8 Å². The van der Waals surface area contributed by atoms with Crippen LogP contribution in [0.1, 0.15) is 11.1 Å². The van der Waals surface area contributed by atoms with E-state index >= 15 is 0 Å². The van der Waals surface area contributed by atoms with Gasteiger partial charge < -0.3 is 0 Å². The SMILES string of the molecule is Cc1c2csccc-2c(-c2cc3ccccc3s2)c1C. The smallest absolute Gasteiger partial charge is 0.0364 e. The number of hydrogen-bond donors (Lipinski definition) is 0. The van der Waals surface area contributed by atoms with Crippen molar-refractivity contribution >= 4 is 32.8 Å². The van der Waals surface area contributed by atoms with E-state index in [-0.39, 0.29) is 0 Å². The van der Waals surface area contributed by atoms with Gasteiger partial charge in [-0.2, -0.15) is 11.3 Å². The highest BCUT2D eigenvalue weighted by molar-refractivity contribution is 7.22. The van der Waals surface area contributed by atoms with Gasteiger partial charge in [-0.1, -0.05) is 18.2 Å². The van der Waals surface area contributed by atoms with E-state index in [0.717, 1.165) is 0 Å². The molecule has 2 aliphatic rings. The summed E-state index contributed by atoms with van der Waals surface area (Å²) >= 11 is 3.67. The molecular formula is C18H14S2. The van der Waals surface area contributed by atoms with Gasteiger partial charge in [-0.05, 0) is 70.4 Å². The first kappa shape index (κ1) is 12.1. The molecule has 1 aromatic carbocycles. The molecular weight excluding hydrogens is 280 g/mol. The van der Waals surface area contributed by atoms with Crippen LogP contribution >= 0.6 is 22.7 Å². The Morgan fingerprint density at radius 3 is 2.60 bits per heavy atom. The highest BCUT2D eigenvalue weighted by Crippen LogP contribution is 2.46. The van der Waals surface area contributed by atoms with Crippen molar-refractivity contribution in [2.75, 3.05) is 0 Å². The number of rotatable bonds is 1. The molecule has 0 bridgehead atoms. The van der Waals surface area contributed by atoms with Crippen LogP contribution in [0.3, 0.4) is 0 Å². The standard InChI is InChI=1S/C18H14S2/c1-11-12(2)18(14-7-8-19-10-15(11)14)17-9-13-5-3-4-6-16(13)20-17/h3-10H,1-2H3. The zero-order valence-electron chi connectivity index (χ0n) is 11.4. The molecule has 1 aromatic heterocycles. The number of fused-ring (bicyclic) bond motifs is 2. The molecule has 0 atom stereocenters. The Kier molecular flexibility index (Phi) is 2.69. The van der Waals surface area contributed by atoms with Crippen molar-refractivity contribution in [1.82, 2.24) is 0 Å². The Bertz CT molecular complexity index is 847. The van der Waals surface area contributed by atoms with Gasteiger partial charge in [0.25, 0.3) is 0 Å². The van der Waals surface area contributed by atoms with Crippen LogP contribution < -0.4 is 0 Å². The summed E-state index contributed by atoms with van der Waals surface area (Å²) in [5.74, 6) is 0. The number of thiophene rings is 1. The maximum absolute atomic E-state index is 2.33. The second-order valence-corrected chi connectivity index (χ2v) is 7.02. The second-order valence-electron chi connectivity index (χ2n) is 5.16. The van der Waals surface area contributed by atoms with Gasteiger partial charge in [-0.3, -0.25) is 0 Å². The third kappa shape index (κ3) is 1.65. The molecule has 1 aliphatic carbocycles. The van der Waals surface area contributed by atoms with Crippen molar-refractivity contribution in [2.45, 2.75) is 13.8 Å². The van der Waals surface area contributed by atoms with Gasteiger partial charge in [0, 0.05) is 15.1 Å². The van der Waals surface area contributed by atoms with E-state index in [2.05, 4.69) is 61.0 Å². The Morgan fingerprint density at radius 2 is 1.75 bits per heavy atom. The van der Waals surface area contributed by atoms with E-state index in [1.54, 1.807) is 11.3 Å². The fourth-order valence-corrected chi connectivity index (χ4v) is 4.80. The van der Waals surface area contributed by atoms with Gasteiger partial charge >= 0.3 is 0 Å². The van der Waals surface area contributed by atoms with E-state index in [1.165, 1.54) is 42.8 Å². The summed E-state index contributed by atoms with van der Waals surface area (Å²) in [6.07, 6.45) is 0. The summed E-state index contributed by atoms with van der Waals surface area (Å²) in [5.41, 5.74) is 7.06. The average molecular weight is 294 g/mol. The molecule has 20 heavy (non-hydrogen) atoms. The van der Waals surface area contributed by atoms with Crippen molar-refractivity contribution in [3.05, 3.63) is 58.3 Å². The quantitative estimate of drug-likeness (QED) is 0.383. The molecule has 0 radical (unpaired) electrons. The molecule has 0 saturated heterocycles. The zero-order valence-corrected chi connectivity index (χ0v) is 13.1. The van der Waals surface area contributed by atoms with Crippen molar-refractivity contribution in [3.63, 3.8) is 0 Å². The molecule has 2 heterocycles. The fraction of sp³-hybridized carbons (Fsp3) is 0.111. The minimum absolute atomic E-state index is 1.35. The first-order valence-electron chi connectivity index (χ1n) is 6.70. The molecule has 2 aromatic rings. The second kappa shape index (κ2) is 4.44. The summed E-state index contributed by atoms with van der Waals surface area (Å²) < 4.78 is 1.37. The minimum Gasteiger partial charge on any atom is -0.152 e. The van der Waals surface area contributed by atoms with Crippen molar-refractivity contribution < 1.29 is 0 Å². The Labute approximate surface area is 126 Å². The van der Waals surface area contributed by atoms with Gasteiger partial charge in [0.2, 0.25) is 0 Å².